The van der Waals surface area contributed by atoms with Crippen LogP contribution in [-0.2, 0) is 0 Å². The molecule has 1 N–H and O–H groups in total. The first kappa shape index (κ1) is 12.9. The van der Waals surface area contributed by atoms with Crippen LogP contribution in [0.15, 0.2) is 54.6 Å². The van der Waals surface area contributed by atoms with Crippen molar-refractivity contribution in [2.24, 2.45) is 5.92 Å². The fraction of sp³-hybridized carbons (Fsp3) is 0.278. The molecule has 1 fully saturated rings. The molecule has 2 aromatic rings. The van der Waals surface area contributed by atoms with Crippen molar-refractivity contribution in [3.8, 4) is 0 Å². The van der Waals surface area contributed by atoms with E-state index in [2.05, 4.69) is 24.4 Å². The molecule has 1 aliphatic rings. The van der Waals surface area contributed by atoms with Gasteiger partial charge in [-0.1, -0.05) is 43.7 Å². The average molecular weight is 265 g/mol. The molecule has 3 rings (SSSR count). The molecular formula is C18H19NO. The maximum absolute atomic E-state index is 12.1. The van der Waals surface area contributed by atoms with Crippen molar-refractivity contribution >= 4 is 11.6 Å². The minimum Gasteiger partial charge on any atom is -0.322 e. The van der Waals surface area contributed by atoms with E-state index in [9.17, 15) is 4.79 Å². The Labute approximate surface area is 119 Å². The summed E-state index contributed by atoms with van der Waals surface area (Å²) >= 11 is 0. The highest BCUT2D eigenvalue weighted by molar-refractivity contribution is 6.04. The van der Waals surface area contributed by atoms with Crippen molar-refractivity contribution in [2.75, 3.05) is 5.32 Å². The third-order valence-electron chi connectivity index (χ3n) is 4.06. The summed E-state index contributed by atoms with van der Waals surface area (Å²) in [5, 5.41) is 2.98. The smallest absolute Gasteiger partial charge is 0.255 e. The standard InChI is InChI=1S/C18H19NO/c1-2-13-12-17(13)15-9-6-10-16(11-15)19-18(20)14-7-4-3-5-8-14/h3-11,13,17H,2,12H2,1H3,(H,19,20). The Morgan fingerprint density at radius 1 is 1.15 bits per heavy atom. The Morgan fingerprint density at radius 3 is 2.65 bits per heavy atom. The summed E-state index contributed by atoms with van der Waals surface area (Å²) in [5.41, 5.74) is 2.93. The zero-order valence-corrected chi connectivity index (χ0v) is 11.7. The lowest BCUT2D eigenvalue weighted by atomic mass is 10.1. The Kier molecular flexibility index (Phi) is 3.55. The first-order valence-corrected chi connectivity index (χ1v) is 7.24. The fourth-order valence-corrected chi connectivity index (χ4v) is 2.75. The van der Waals surface area contributed by atoms with Gasteiger partial charge in [-0.15, -0.1) is 0 Å². The number of hydrogen-bond donors (Lipinski definition) is 1. The molecule has 0 aromatic heterocycles. The number of benzene rings is 2. The lowest BCUT2D eigenvalue weighted by Crippen LogP contribution is -2.11. The monoisotopic (exact) mass is 265 g/mol. The van der Waals surface area contributed by atoms with Crippen molar-refractivity contribution < 1.29 is 4.79 Å². The molecule has 0 aliphatic heterocycles. The molecule has 1 aliphatic carbocycles. The van der Waals surface area contributed by atoms with Crippen LogP contribution in [0.4, 0.5) is 5.69 Å². The molecule has 1 amide bonds. The van der Waals surface area contributed by atoms with E-state index in [0.717, 1.165) is 11.6 Å². The van der Waals surface area contributed by atoms with E-state index < -0.39 is 0 Å². The minimum absolute atomic E-state index is 0.0504. The van der Waals surface area contributed by atoms with E-state index in [1.165, 1.54) is 18.4 Å². The molecule has 0 bridgehead atoms. The third kappa shape index (κ3) is 2.74. The van der Waals surface area contributed by atoms with Crippen molar-refractivity contribution in [1.82, 2.24) is 0 Å². The highest BCUT2D eigenvalue weighted by Gasteiger charge is 2.36. The lowest BCUT2D eigenvalue weighted by molar-refractivity contribution is 0.102. The van der Waals surface area contributed by atoms with Crippen LogP contribution in [0, 0.1) is 5.92 Å². The van der Waals surface area contributed by atoms with Gasteiger partial charge in [0.25, 0.3) is 5.91 Å². The van der Waals surface area contributed by atoms with Crippen molar-refractivity contribution in [1.29, 1.82) is 0 Å². The molecule has 0 spiro atoms. The second-order valence-corrected chi connectivity index (χ2v) is 5.46. The second-order valence-electron chi connectivity index (χ2n) is 5.46. The molecule has 2 unspecified atom stereocenters. The maximum atomic E-state index is 12.1. The van der Waals surface area contributed by atoms with Crippen LogP contribution in [0.1, 0.15) is 41.6 Å². The number of anilines is 1. The van der Waals surface area contributed by atoms with Crippen LogP contribution in [-0.4, -0.2) is 5.91 Å². The highest BCUT2D eigenvalue weighted by Crippen LogP contribution is 2.49. The van der Waals surface area contributed by atoms with Gasteiger partial charge in [-0.25, -0.2) is 0 Å². The van der Waals surface area contributed by atoms with Crippen LogP contribution in [0.5, 0.6) is 0 Å². The van der Waals surface area contributed by atoms with Crippen molar-refractivity contribution in [2.45, 2.75) is 25.7 Å². The molecule has 102 valence electrons. The first-order chi connectivity index (χ1) is 9.78. The second kappa shape index (κ2) is 5.49. The van der Waals surface area contributed by atoms with Gasteiger partial charge >= 0.3 is 0 Å². The zero-order chi connectivity index (χ0) is 13.9. The van der Waals surface area contributed by atoms with Crippen LogP contribution in [0.3, 0.4) is 0 Å². The quantitative estimate of drug-likeness (QED) is 0.869. The molecular weight excluding hydrogens is 246 g/mol. The summed E-state index contributed by atoms with van der Waals surface area (Å²) in [6.45, 7) is 2.24. The molecule has 0 heterocycles. The average Bonchev–Trinajstić information content (AvgIpc) is 3.28. The summed E-state index contributed by atoms with van der Waals surface area (Å²) in [5.74, 6) is 1.47. The SMILES string of the molecule is CCC1CC1c1cccc(NC(=O)c2ccccc2)c1. The molecule has 20 heavy (non-hydrogen) atoms. The largest absolute Gasteiger partial charge is 0.322 e. The van der Waals surface area contributed by atoms with Gasteiger partial charge in [0.05, 0.1) is 0 Å². The van der Waals surface area contributed by atoms with E-state index >= 15 is 0 Å². The van der Waals surface area contributed by atoms with Gasteiger partial charge in [0.1, 0.15) is 0 Å². The third-order valence-corrected chi connectivity index (χ3v) is 4.06. The van der Waals surface area contributed by atoms with Gasteiger partial charge in [0.2, 0.25) is 0 Å². The summed E-state index contributed by atoms with van der Waals surface area (Å²) in [6.07, 6.45) is 2.53. The van der Waals surface area contributed by atoms with Crippen LogP contribution in [0.2, 0.25) is 0 Å². The van der Waals surface area contributed by atoms with Gasteiger partial charge in [0, 0.05) is 11.3 Å². The van der Waals surface area contributed by atoms with Crippen LogP contribution < -0.4 is 5.32 Å². The van der Waals surface area contributed by atoms with E-state index in [0.29, 0.717) is 11.5 Å². The summed E-state index contributed by atoms with van der Waals surface area (Å²) in [6, 6.07) is 17.6. The molecule has 2 heteroatoms. The minimum atomic E-state index is -0.0504. The molecule has 1 saturated carbocycles. The number of carbonyl (C=O) groups is 1. The highest BCUT2D eigenvalue weighted by atomic mass is 16.1. The Morgan fingerprint density at radius 2 is 1.95 bits per heavy atom. The summed E-state index contributed by atoms with van der Waals surface area (Å²) in [7, 11) is 0. The Bertz CT molecular complexity index is 606. The van der Waals surface area contributed by atoms with Gasteiger partial charge in [0.15, 0.2) is 0 Å². The number of nitrogens with one attached hydrogen (secondary N) is 1. The van der Waals surface area contributed by atoms with E-state index in [4.69, 9.17) is 0 Å². The molecule has 0 saturated heterocycles. The molecule has 0 radical (unpaired) electrons. The number of rotatable bonds is 4. The molecule has 2 atom stereocenters. The lowest BCUT2D eigenvalue weighted by Gasteiger charge is -2.07. The predicted octanol–water partition coefficient (Wildman–Crippen LogP) is 4.45. The van der Waals surface area contributed by atoms with E-state index in [1.807, 2.05) is 42.5 Å². The fourth-order valence-electron chi connectivity index (χ4n) is 2.75. The van der Waals surface area contributed by atoms with Gasteiger partial charge in [-0.3, -0.25) is 4.79 Å². The van der Waals surface area contributed by atoms with Crippen molar-refractivity contribution in [3.63, 3.8) is 0 Å². The molecule has 2 nitrogen and oxygen atoms in total. The van der Waals surface area contributed by atoms with Gasteiger partial charge in [-0.05, 0) is 48.1 Å². The van der Waals surface area contributed by atoms with E-state index in [-0.39, 0.29) is 5.91 Å². The summed E-state index contributed by atoms with van der Waals surface area (Å²) in [4.78, 5) is 12.1. The predicted molar refractivity (Wildman–Crippen MR) is 82.0 cm³/mol. The number of carbonyl (C=O) groups excluding carboxylic acids is 1. The normalized spacial score (nSPS) is 20.4. The molecule has 2 aromatic carbocycles. The number of hydrogen-bond acceptors (Lipinski definition) is 1. The summed E-state index contributed by atoms with van der Waals surface area (Å²) < 4.78 is 0. The van der Waals surface area contributed by atoms with Gasteiger partial charge < -0.3 is 5.32 Å². The number of amides is 1. The first-order valence-electron chi connectivity index (χ1n) is 7.24. The Hall–Kier alpha value is -2.09. The van der Waals surface area contributed by atoms with Crippen LogP contribution in [0.25, 0.3) is 0 Å². The zero-order valence-electron chi connectivity index (χ0n) is 11.7. The van der Waals surface area contributed by atoms with E-state index in [1.54, 1.807) is 0 Å². The maximum Gasteiger partial charge on any atom is 0.255 e. The van der Waals surface area contributed by atoms with Crippen molar-refractivity contribution in [3.05, 3.63) is 65.7 Å². The topological polar surface area (TPSA) is 29.1 Å². The Balaban J connectivity index is 1.72. The van der Waals surface area contributed by atoms with Gasteiger partial charge in [-0.2, -0.15) is 0 Å². The van der Waals surface area contributed by atoms with Crippen LogP contribution >= 0.6 is 0 Å².